The van der Waals surface area contributed by atoms with Gasteiger partial charge < -0.3 is 9.26 Å². The summed E-state index contributed by atoms with van der Waals surface area (Å²) in [5, 5.41) is 4.92. The summed E-state index contributed by atoms with van der Waals surface area (Å²) in [5.41, 5.74) is 3.11. The molecule has 6 heteroatoms. The van der Waals surface area contributed by atoms with Gasteiger partial charge in [0.05, 0.1) is 10.9 Å². The van der Waals surface area contributed by atoms with E-state index in [0.29, 0.717) is 23.4 Å². The van der Waals surface area contributed by atoms with Gasteiger partial charge >= 0.3 is 0 Å². The van der Waals surface area contributed by atoms with Crippen molar-refractivity contribution in [3.8, 4) is 17.3 Å². The maximum atomic E-state index is 5.85. The number of para-hydroxylation sites is 1. The predicted molar refractivity (Wildman–Crippen MR) is 107 cm³/mol. The van der Waals surface area contributed by atoms with E-state index in [9.17, 15) is 0 Å². The Labute approximate surface area is 163 Å². The third-order valence-electron chi connectivity index (χ3n) is 4.49. The molecule has 0 radical (unpaired) electrons. The molecule has 0 atom stereocenters. The van der Waals surface area contributed by atoms with Crippen LogP contribution in [0.25, 0.3) is 22.3 Å². The molecule has 0 unspecified atom stereocenters. The van der Waals surface area contributed by atoms with Crippen LogP contribution in [0.2, 0.25) is 0 Å². The quantitative estimate of drug-likeness (QED) is 0.508. The van der Waals surface area contributed by atoms with Crippen molar-refractivity contribution >= 4 is 10.9 Å². The van der Waals surface area contributed by atoms with E-state index >= 15 is 0 Å². The van der Waals surface area contributed by atoms with Gasteiger partial charge in [-0.25, -0.2) is 4.98 Å². The Hall–Kier alpha value is -3.28. The number of rotatable bonds is 4. The molecule has 6 nitrogen and oxygen atoms in total. The van der Waals surface area contributed by atoms with Gasteiger partial charge in [-0.2, -0.15) is 9.97 Å². The Bertz CT molecular complexity index is 1110. The molecule has 0 aliphatic carbocycles. The van der Waals surface area contributed by atoms with Crippen LogP contribution >= 0.6 is 0 Å². The summed E-state index contributed by atoms with van der Waals surface area (Å²) >= 11 is 0. The van der Waals surface area contributed by atoms with Gasteiger partial charge in [0.2, 0.25) is 11.7 Å². The van der Waals surface area contributed by atoms with E-state index in [4.69, 9.17) is 9.26 Å². The summed E-state index contributed by atoms with van der Waals surface area (Å²) in [6.07, 6.45) is 0. The summed E-state index contributed by atoms with van der Waals surface area (Å²) in [6.45, 7) is 8.54. The van der Waals surface area contributed by atoms with Gasteiger partial charge in [-0.1, -0.05) is 62.3 Å². The number of fused-ring (bicyclic) bond motifs is 1. The Morgan fingerprint density at radius 1 is 0.929 bits per heavy atom. The van der Waals surface area contributed by atoms with E-state index in [1.807, 2.05) is 43.3 Å². The van der Waals surface area contributed by atoms with Crippen LogP contribution in [0.4, 0.5) is 0 Å². The van der Waals surface area contributed by atoms with Crippen LogP contribution in [0.1, 0.15) is 38.0 Å². The lowest BCUT2D eigenvalue weighted by Gasteiger charge is -2.18. The molecule has 0 saturated heterocycles. The van der Waals surface area contributed by atoms with Crippen LogP contribution in [0.3, 0.4) is 0 Å². The van der Waals surface area contributed by atoms with Gasteiger partial charge in [0.25, 0.3) is 5.89 Å². The fraction of sp³-hybridized carbons (Fsp3) is 0.273. The first kappa shape index (κ1) is 18.1. The number of hydrogen-bond donors (Lipinski definition) is 0. The Kier molecular flexibility index (Phi) is 4.55. The topological polar surface area (TPSA) is 73.9 Å². The average molecular weight is 374 g/mol. The number of benzene rings is 2. The maximum absolute atomic E-state index is 5.85. The maximum Gasteiger partial charge on any atom is 0.264 e. The highest BCUT2D eigenvalue weighted by atomic mass is 16.5. The van der Waals surface area contributed by atoms with E-state index in [-0.39, 0.29) is 12.0 Å². The molecule has 2 heterocycles. The molecule has 0 aliphatic heterocycles. The largest absolute Gasteiger partial charge is 0.467 e. The number of aromatic nitrogens is 4. The van der Waals surface area contributed by atoms with Crippen LogP contribution in [0.5, 0.6) is 5.88 Å². The first-order valence-corrected chi connectivity index (χ1v) is 9.20. The highest BCUT2D eigenvalue weighted by molar-refractivity contribution is 5.83. The fourth-order valence-corrected chi connectivity index (χ4v) is 2.95. The minimum absolute atomic E-state index is 0.104. The highest BCUT2D eigenvalue weighted by Crippen LogP contribution is 2.26. The summed E-state index contributed by atoms with van der Waals surface area (Å²) in [5.74, 6) is 2.11. The normalized spacial score (nSPS) is 11.7. The molecular formula is C22H22N4O2. The second-order valence-corrected chi connectivity index (χ2v) is 7.72. The van der Waals surface area contributed by atoms with Gasteiger partial charge in [-0.3, -0.25) is 0 Å². The van der Waals surface area contributed by atoms with Crippen molar-refractivity contribution in [2.75, 3.05) is 0 Å². The summed E-state index contributed by atoms with van der Waals surface area (Å²) in [7, 11) is 0. The number of hydrogen-bond acceptors (Lipinski definition) is 6. The van der Waals surface area contributed by atoms with Crippen molar-refractivity contribution in [3.63, 3.8) is 0 Å². The predicted octanol–water partition coefficient (Wildman–Crippen LogP) is 4.86. The molecule has 142 valence electrons. The van der Waals surface area contributed by atoms with Crippen molar-refractivity contribution in [1.82, 2.24) is 20.1 Å². The average Bonchev–Trinajstić information content (AvgIpc) is 3.14. The zero-order valence-corrected chi connectivity index (χ0v) is 16.4. The molecule has 2 aromatic carbocycles. The molecule has 0 saturated carbocycles. The third kappa shape index (κ3) is 3.71. The van der Waals surface area contributed by atoms with E-state index in [0.717, 1.165) is 16.5 Å². The van der Waals surface area contributed by atoms with Gasteiger partial charge in [0, 0.05) is 5.56 Å². The van der Waals surface area contributed by atoms with E-state index in [2.05, 4.69) is 53.0 Å². The second kappa shape index (κ2) is 7.03. The number of aryl methyl sites for hydroxylation is 1. The molecule has 0 aliphatic rings. The Morgan fingerprint density at radius 2 is 1.68 bits per heavy atom. The first-order valence-electron chi connectivity index (χ1n) is 9.20. The molecule has 0 spiro atoms. The SMILES string of the molecule is Cc1nc(OCc2nc(-c3ccc(C(C)(C)C)cc3)no2)c2ccccc2n1. The smallest absolute Gasteiger partial charge is 0.264 e. The van der Waals surface area contributed by atoms with Crippen molar-refractivity contribution in [2.24, 2.45) is 0 Å². The highest BCUT2D eigenvalue weighted by Gasteiger charge is 2.15. The standard InChI is InChI=1S/C22H22N4O2/c1-14-23-18-8-6-5-7-17(18)21(24-14)27-13-19-25-20(26-28-19)15-9-11-16(12-10-15)22(2,3)4/h5-12H,13H2,1-4H3. The Balaban J connectivity index is 1.52. The van der Waals surface area contributed by atoms with Crippen LogP contribution in [-0.2, 0) is 12.0 Å². The monoisotopic (exact) mass is 374 g/mol. The summed E-state index contributed by atoms with van der Waals surface area (Å²) in [4.78, 5) is 13.3. The molecule has 0 bridgehead atoms. The van der Waals surface area contributed by atoms with Crippen LogP contribution in [-0.4, -0.2) is 20.1 Å². The van der Waals surface area contributed by atoms with Crippen molar-refractivity contribution in [1.29, 1.82) is 0 Å². The molecule has 4 rings (SSSR count). The lowest BCUT2D eigenvalue weighted by atomic mass is 9.87. The Morgan fingerprint density at radius 3 is 2.43 bits per heavy atom. The minimum Gasteiger partial charge on any atom is -0.467 e. The van der Waals surface area contributed by atoms with Gasteiger partial charge in [0.15, 0.2) is 6.61 Å². The minimum atomic E-state index is 0.104. The van der Waals surface area contributed by atoms with Crippen LogP contribution < -0.4 is 4.74 Å². The third-order valence-corrected chi connectivity index (χ3v) is 4.49. The lowest BCUT2D eigenvalue weighted by Crippen LogP contribution is -2.10. The molecule has 28 heavy (non-hydrogen) atoms. The van der Waals surface area contributed by atoms with E-state index < -0.39 is 0 Å². The number of ether oxygens (including phenoxy) is 1. The lowest BCUT2D eigenvalue weighted by molar-refractivity contribution is 0.237. The zero-order chi connectivity index (χ0) is 19.7. The summed E-state index contributed by atoms with van der Waals surface area (Å²) < 4.78 is 11.2. The van der Waals surface area contributed by atoms with Gasteiger partial charge in [-0.05, 0) is 30.0 Å². The molecular weight excluding hydrogens is 352 g/mol. The first-order chi connectivity index (χ1) is 13.4. The molecule has 2 aromatic heterocycles. The second-order valence-electron chi connectivity index (χ2n) is 7.72. The van der Waals surface area contributed by atoms with E-state index in [1.165, 1.54) is 5.56 Å². The number of nitrogens with zero attached hydrogens (tertiary/aromatic N) is 4. The molecule has 0 N–H and O–H groups in total. The van der Waals surface area contributed by atoms with Gasteiger partial charge in [0.1, 0.15) is 5.82 Å². The van der Waals surface area contributed by atoms with Crippen LogP contribution in [0.15, 0.2) is 53.1 Å². The van der Waals surface area contributed by atoms with Crippen LogP contribution in [0, 0.1) is 6.92 Å². The van der Waals surface area contributed by atoms with E-state index in [1.54, 1.807) is 0 Å². The molecule has 0 amide bonds. The van der Waals surface area contributed by atoms with Crippen molar-refractivity contribution in [2.45, 2.75) is 39.7 Å². The molecule has 4 aromatic rings. The fourth-order valence-electron chi connectivity index (χ4n) is 2.95. The van der Waals surface area contributed by atoms with Gasteiger partial charge in [-0.15, -0.1) is 0 Å². The van der Waals surface area contributed by atoms with Crippen molar-refractivity contribution in [3.05, 3.63) is 65.8 Å². The summed E-state index contributed by atoms with van der Waals surface area (Å²) in [6, 6.07) is 15.9. The van der Waals surface area contributed by atoms with Crippen molar-refractivity contribution < 1.29 is 9.26 Å². The zero-order valence-electron chi connectivity index (χ0n) is 16.4. The molecule has 0 fully saturated rings.